The fourth-order valence-corrected chi connectivity index (χ4v) is 2.37. The van der Waals surface area contributed by atoms with E-state index in [0.717, 1.165) is 25.0 Å². The summed E-state index contributed by atoms with van der Waals surface area (Å²) in [6, 6.07) is 14.8. The number of carbonyl (C=O) groups excluding carboxylic acids is 1. The van der Waals surface area contributed by atoms with Crippen molar-refractivity contribution in [2.24, 2.45) is 0 Å². The Morgan fingerprint density at radius 1 is 0.920 bits per heavy atom. The highest BCUT2D eigenvalue weighted by molar-refractivity contribution is 5.91. The van der Waals surface area contributed by atoms with Gasteiger partial charge in [-0.25, -0.2) is 4.79 Å². The summed E-state index contributed by atoms with van der Waals surface area (Å²) < 4.78 is 11.1. The van der Waals surface area contributed by atoms with Gasteiger partial charge in [0, 0.05) is 0 Å². The number of carbonyl (C=O) groups is 1. The van der Waals surface area contributed by atoms with Crippen molar-refractivity contribution < 1.29 is 14.3 Å². The van der Waals surface area contributed by atoms with Crippen LogP contribution in [-0.4, -0.2) is 12.6 Å². The molecule has 0 radical (unpaired) electrons. The molecule has 0 amide bonds. The summed E-state index contributed by atoms with van der Waals surface area (Å²) in [6.45, 7) is 9.40. The molecule has 0 fully saturated rings. The molecule has 2 aromatic carbocycles. The molecule has 0 atom stereocenters. The Bertz CT molecular complexity index is 669. The third kappa shape index (κ3) is 5.35. The number of rotatable bonds is 8. The maximum absolute atomic E-state index is 12.3. The fourth-order valence-electron chi connectivity index (χ4n) is 2.37. The largest absolute Gasteiger partial charge is 0.494 e. The lowest BCUT2D eigenvalue weighted by Gasteiger charge is -2.23. The van der Waals surface area contributed by atoms with Crippen LogP contribution < -0.4 is 9.47 Å². The smallest absolute Gasteiger partial charge is 0.343 e. The summed E-state index contributed by atoms with van der Waals surface area (Å²) in [5.74, 6) is 0.975. The van der Waals surface area contributed by atoms with E-state index in [2.05, 4.69) is 27.7 Å². The van der Waals surface area contributed by atoms with E-state index in [1.807, 2.05) is 24.3 Å². The average molecular weight is 340 g/mol. The number of unbranched alkanes of at least 4 members (excludes halogenated alkanes) is 1. The van der Waals surface area contributed by atoms with Crippen molar-refractivity contribution in [1.29, 1.82) is 0 Å². The SMILES string of the molecule is CCCCOc1ccc(C(=O)Oc2ccc(C(C)(C)CC)cc2)cc1. The molecule has 3 heteroatoms. The molecule has 0 saturated carbocycles. The molecule has 0 unspecified atom stereocenters. The summed E-state index contributed by atoms with van der Waals surface area (Å²) in [5.41, 5.74) is 1.88. The molecule has 2 aromatic rings. The van der Waals surface area contributed by atoms with Gasteiger partial charge in [0.1, 0.15) is 11.5 Å². The highest BCUT2D eigenvalue weighted by Gasteiger charge is 2.18. The van der Waals surface area contributed by atoms with Gasteiger partial charge in [0.25, 0.3) is 0 Å². The molecule has 134 valence electrons. The Hall–Kier alpha value is -2.29. The van der Waals surface area contributed by atoms with Gasteiger partial charge < -0.3 is 9.47 Å². The molecule has 2 rings (SSSR count). The third-order valence-corrected chi connectivity index (χ3v) is 4.59. The Kier molecular flexibility index (Phi) is 6.63. The zero-order valence-corrected chi connectivity index (χ0v) is 15.7. The molecule has 0 aliphatic heterocycles. The quantitative estimate of drug-likeness (QED) is 0.347. The molecular formula is C22H28O3. The van der Waals surface area contributed by atoms with E-state index >= 15 is 0 Å². The van der Waals surface area contributed by atoms with Crippen LogP contribution in [-0.2, 0) is 5.41 Å². The first-order chi connectivity index (χ1) is 12.0. The normalized spacial score (nSPS) is 11.2. The van der Waals surface area contributed by atoms with Gasteiger partial charge in [-0.05, 0) is 60.2 Å². The Labute approximate surface area is 151 Å². The molecule has 0 heterocycles. The minimum Gasteiger partial charge on any atom is -0.494 e. The lowest BCUT2D eigenvalue weighted by atomic mass is 9.82. The highest BCUT2D eigenvalue weighted by atomic mass is 16.5. The van der Waals surface area contributed by atoms with Gasteiger partial charge >= 0.3 is 5.97 Å². The summed E-state index contributed by atoms with van der Waals surface area (Å²) >= 11 is 0. The average Bonchev–Trinajstić information content (AvgIpc) is 2.63. The lowest BCUT2D eigenvalue weighted by Crippen LogP contribution is -2.15. The van der Waals surface area contributed by atoms with Crippen molar-refractivity contribution in [3.8, 4) is 11.5 Å². The van der Waals surface area contributed by atoms with Crippen LogP contribution in [0.3, 0.4) is 0 Å². The van der Waals surface area contributed by atoms with E-state index in [9.17, 15) is 4.79 Å². The van der Waals surface area contributed by atoms with E-state index in [1.54, 1.807) is 24.3 Å². The van der Waals surface area contributed by atoms with Crippen LogP contribution in [0.4, 0.5) is 0 Å². The van der Waals surface area contributed by atoms with Gasteiger partial charge in [0.2, 0.25) is 0 Å². The molecule has 3 nitrogen and oxygen atoms in total. The zero-order valence-electron chi connectivity index (χ0n) is 15.7. The van der Waals surface area contributed by atoms with E-state index in [-0.39, 0.29) is 11.4 Å². The lowest BCUT2D eigenvalue weighted by molar-refractivity contribution is 0.0734. The van der Waals surface area contributed by atoms with Gasteiger partial charge in [-0.2, -0.15) is 0 Å². The summed E-state index contributed by atoms with van der Waals surface area (Å²) in [7, 11) is 0. The number of hydrogen-bond donors (Lipinski definition) is 0. The van der Waals surface area contributed by atoms with Crippen molar-refractivity contribution >= 4 is 5.97 Å². The van der Waals surface area contributed by atoms with E-state index in [4.69, 9.17) is 9.47 Å². The van der Waals surface area contributed by atoms with Gasteiger partial charge in [0.05, 0.1) is 12.2 Å². The minimum absolute atomic E-state index is 0.121. The van der Waals surface area contributed by atoms with Crippen molar-refractivity contribution in [1.82, 2.24) is 0 Å². The highest BCUT2D eigenvalue weighted by Crippen LogP contribution is 2.28. The Balaban J connectivity index is 1.97. The molecular weight excluding hydrogens is 312 g/mol. The van der Waals surface area contributed by atoms with Crippen LogP contribution in [0, 0.1) is 0 Å². The standard InChI is InChI=1S/C22H28O3/c1-5-7-16-24-19-12-8-17(9-13-19)21(23)25-20-14-10-18(11-15-20)22(3,4)6-2/h8-15H,5-7,16H2,1-4H3. The second-order valence-electron chi connectivity index (χ2n) is 6.88. The number of benzene rings is 2. The maximum Gasteiger partial charge on any atom is 0.343 e. The summed E-state index contributed by atoms with van der Waals surface area (Å²) in [4.78, 5) is 12.3. The Morgan fingerprint density at radius 3 is 2.08 bits per heavy atom. The predicted molar refractivity (Wildman–Crippen MR) is 102 cm³/mol. The van der Waals surface area contributed by atoms with Crippen LogP contribution in [0.2, 0.25) is 0 Å². The molecule has 0 N–H and O–H groups in total. The predicted octanol–water partition coefficient (Wildman–Crippen LogP) is 5.77. The van der Waals surface area contributed by atoms with Crippen molar-refractivity contribution in [3.63, 3.8) is 0 Å². The van der Waals surface area contributed by atoms with Crippen LogP contribution in [0.15, 0.2) is 48.5 Å². The number of esters is 1. The van der Waals surface area contributed by atoms with Crippen LogP contribution in [0.5, 0.6) is 11.5 Å². The first-order valence-electron chi connectivity index (χ1n) is 9.02. The van der Waals surface area contributed by atoms with Crippen LogP contribution in [0.1, 0.15) is 62.9 Å². The number of ether oxygens (including phenoxy) is 2. The number of hydrogen-bond acceptors (Lipinski definition) is 3. The van der Waals surface area contributed by atoms with Crippen molar-refractivity contribution in [3.05, 3.63) is 59.7 Å². The maximum atomic E-state index is 12.3. The molecule has 0 aromatic heterocycles. The fraction of sp³-hybridized carbons (Fsp3) is 0.409. The third-order valence-electron chi connectivity index (χ3n) is 4.59. The minimum atomic E-state index is -0.359. The van der Waals surface area contributed by atoms with E-state index in [1.165, 1.54) is 5.56 Å². The van der Waals surface area contributed by atoms with E-state index in [0.29, 0.717) is 17.9 Å². The topological polar surface area (TPSA) is 35.5 Å². The first kappa shape index (κ1) is 19.0. The molecule has 25 heavy (non-hydrogen) atoms. The first-order valence-corrected chi connectivity index (χ1v) is 9.02. The summed E-state index contributed by atoms with van der Waals surface area (Å²) in [5, 5.41) is 0. The molecule has 0 bridgehead atoms. The second kappa shape index (κ2) is 8.70. The summed E-state index contributed by atoms with van der Waals surface area (Å²) in [6.07, 6.45) is 3.17. The zero-order chi connectivity index (χ0) is 18.3. The van der Waals surface area contributed by atoms with Gasteiger partial charge in [-0.15, -0.1) is 0 Å². The Morgan fingerprint density at radius 2 is 1.52 bits per heavy atom. The van der Waals surface area contributed by atoms with E-state index < -0.39 is 0 Å². The van der Waals surface area contributed by atoms with Gasteiger partial charge in [-0.3, -0.25) is 0 Å². The second-order valence-corrected chi connectivity index (χ2v) is 6.88. The van der Waals surface area contributed by atoms with Crippen molar-refractivity contribution in [2.75, 3.05) is 6.61 Å². The van der Waals surface area contributed by atoms with Crippen LogP contribution in [0.25, 0.3) is 0 Å². The van der Waals surface area contributed by atoms with Gasteiger partial charge in [0.15, 0.2) is 0 Å². The molecule has 0 spiro atoms. The van der Waals surface area contributed by atoms with Gasteiger partial charge in [-0.1, -0.05) is 46.2 Å². The monoisotopic (exact) mass is 340 g/mol. The van der Waals surface area contributed by atoms with Crippen molar-refractivity contribution in [2.45, 2.75) is 52.4 Å². The molecule has 0 aliphatic rings. The molecule has 0 aliphatic carbocycles. The van der Waals surface area contributed by atoms with Crippen LogP contribution >= 0.6 is 0 Å². The molecule has 0 saturated heterocycles.